The molecule has 0 aliphatic carbocycles. The number of benzene rings is 1. The summed E-state index contributed by atoms with van der Waals surface area (Å²) in [4.78, 5) is 23.8. The van der Waals surface area contributed by atoms with Crippen LogP contribution in [0, 0.1) is 6.92 Å². The minimum atomic E-state index is -0.854. The lowest BCUT2D eigenvalue weighted by atomic mass is 10.1. The minimum Gasteiger partial charge on any atom is -0.481 e. The lowest BCUT2D eigenvalue weighted by molar-refractivity contribution is -0.137. The average Bonchev–Trinajstić information content (AvgIpc) is 2.35. The smallest absolute Gasteiger partial charge is 0.304 e. The van der Waals surface area contributed by atoms with E-state index < -0.39 is 5.97 Å². The third kappa shape index (κ3) is 7.11. The van der Waals surface area contributed by atoms with Crippen molar-refractivity contribution in [1.29, 1.82) is 0 Å². The molecule has 0 unspecified atom stereocenters. The number of nitrogens with one attached hydrogen (secondary N) is 1. The van der Waals surface area contributed by atoms with Gasteiger partial charge in [0.15, 0.2) is 0 Å². The topological polar surface area (TPSA) is 69.6 Å². The zero-order chi connectivity index (χ0) is 14.3. The maximum absolute atomic E-state index is 11.7. The number of aliphatic carboxylic acids is 1. The summed E-state index contributed by atoms with van der Waals surface area (Å²) in [5, 5.41) is 11.4. The summed E-state index contributed by atoms with van der Waals surface area (Å²) in [6, 6.07) is 7.87. The van der Waals surface area contributed by atoms with E-state index in [9.17, 15) is 9.59 Å². The highest BCUT2D eigenvalue weighted by atomic mass is 35.5. The summed E-state index contributed by atoms with van der Waals surface area (Å²) in [7, 11) is 1.73. The minimum absolute atomic E-state index is 0. The molecule has 0 radical (unpaired) electrons. The van der Waals surface area contributed by atoms with Gasteiger partial charge in [-0.3, -0.25) is 14.5 Å². The molecule has 2 N–H and O–H groups in total. The van der Waals surface area contributed by atoms with Gasteiger partial charge in [-0.15, -0.1) is 12.4 Å². The first-order valence-electron chi connectivity index (χ1n) is 6.20. The lowest BCUT2D eigenvalue weighted by Crippen LogP contribution is -2.35. The molecule has 0 aromatic heterocycles. The van der Waals surface area contributed by atoms with E-state index in [2.05, 4.69) is 5.32 Å². The number of hydrogen-bond donors (Lipinski definition) is 2. The summed E-state index contributed by atoms with van der Waals surface area (Å²) in [5.41, 5.74) is 2.23. The van der Waals surface area contributed by atoms with Gasteiger partial charge < -0.3 is 10.4 Å². The number of carbonyl (C=O) groups is 2. The van der Waals surface area contributed by atoms with Crippen molar-refractivity contribution in [3.63, 3.8) is 0 Å². The number of carbonyl (C=O) groups excluding carboxylic acids is 1. The van der Waals surface area contributed by atoms with Gasteiger partial charge in [0.1, 0.15) is 0 Å². The van der Waals surface area contributed by atoms with Crippen LogP contribution in [0.1, 0.15) is 17.5 Å². The van der Waals surface area contributed by atoms with Crippen LogP contribution >= 0.6 is 12.4 Å². The predicted octanol–water partition coefficient (Wildman–Crippen LogP) is 1.44. The summed E-state index contributed by atoms with van der Waals surface area (Å²) in [5.74, 6) is -0.955. The molecule has 1 aromatic rings. The lowest BCUT2D eigenvalue weighted by Gasteiger charge is -2.15. The fraction of sp³-hybridized carbons (Fsp3) is 0.429. The second-order valence-electron chi connectivity index (χ2n) is 4.58. The monoisotopic (exact) mass is 300 g/mol. The van der Waals surface area contributed by atoms with Gasteiger partial charge in [0.25, 0.3) is 0 Å². The van der Waals surface area contributed by atoms with Gasteiger partial charge in [0.05, 0.1) is 13.0 Å². The number of aryl methyl sites for hydroxylation is 1. The second kappa shape index (κ2) is 9.34. The fourth-order valence-corrected chi connectivity index (χ4v) is 1.67. The molecule has 0 bridgehead atoms. The molecule has 1 aromatic carbocycles. The predicted molar refractivity (Wildman–Crippen MR) is 80.0 cm³/mol. The Kier molecular flexibility index (Phi) is 8.59. The van der Waals surface area contributed by atoms with Crippen molar-refractivity contribution in [2.24, 2.45) is 0 Å². The van der Waals surface area contributed by atoms with E-state index in [4.69, 9.17) is 5.11 Å². The molecule has 0 saturated heterocycles. The van der Waals surface area contributed by atoms with Gasteiger partial charge in [-0.2, -0.15) is 0 Å². The third-order valence-corrected chi connectivity index (χ3v) is 2.86. The quantitative estimate of drug-likeness (QED) is 0.799. The van der Waals surface area contributed by atoms with Crippen LogP contribution in [0.15, 0.2) is 24.3 Å². The maximum Gasteiger partial charge on any atom is 0.304 e. The van der Waals surface area contributed by atoms with Gasteiger partial charge in [-0.05, 0) is 25.1 Å². The number of carboxylic acids is 1. The Bertz CT molecular complexity index is 452. The van der Waals surface area contributed by atoms with Gasteiger partial charge in [0.2, 0.25) is 5.91 Å². The summed E-state index contributed by atoms with van der Waals surface area (Å²) >= 11 is 0. The van der Waals surface area contributed by atoms with Crippen molar-refractivity contribution in [3.05, 3.63) is 35.4 Å². The van der Waals surface area contributed by atoms with E-state index in [0.29, 0.717) is 13.1 Å². The van der Waals surface area contributed by atoms with Crippen LogP contribution < -0.4 is 5.32 Å². The largest absolute Gasteiger partial charge is 0.481 e. The molecular weight excluding hydrogens is 280 g/mol. The van der Waals surface area contributed by atoms with E-state index in [0.717, 1.165) is 11.1 Å². The molecule has 0 aliphatic rings. The van der Waals surface area contributed by atoms with Crippen molar-refractivity contribution >= 4 is 24.3 Å². The molecule has 6 heteroatoms. The Hall–Kier alpha value is -1.59. The Morgan fingerprint density at radius 2 is 1.95 bits per heavy atom. The van der Waals surface area contributed by atoms with Crippen LogP contribution in [0.25, 0.3) is 0 Å². The summed E-state index contributed by atoms with van der Waals surface area (Å²) in [6.45, 7) is 3.07. The van der Waals surface area contributed by atoms with E-state index in [1.807, 2.05) is 31.2 Å². The van der Waals surface area contributed by atoms with Crippen LogP contribution in [0.3, 0.4) is 0 Å². The average molecular weight is 301 g/mol. The number of halogens is 1. The number of rotatable bonds is 7. The summed E-state index contributed by atoms with van der Waals surface area (Å²) in [6.07, 6.45) is 0.0432. The number of hydrogen-bond acceptors (Lipinski definition) is 3. The van der Waals surface area contributed by atoms with Crippen molar-refractivity contribution in [2.75, 3.05) is 20.1 Å². The van der Waals surface area contributed by atoms with Crippen molar-refractivity contribution in [3.8, 4) is 0 Å². The molecule has 1 amide bonds. The Morgan fingerprint density at radius 3 is 2.55 bits per heavy atom. The van der Waals surface area contributed by atoms with Crippen LogP contribution in [0.5, 0.6) is 0 Å². The van der Waals surface area contributed by atoms with Crippen LogP contribution in [-0.2, 0) is 16.1 Å². The first-order valence-corrected chi connectivity index (χ1v) is 6.20. The highest BCUT2D eigenvalue weighted by Crippen LogP contribution is 2.05. The molecule has 0 atom stereocenters. The second-order valence-corrected chi connectivity index (χ2v) is 4.58. The van der Waals surface area contributed by atoms with Gasteiger partial charge in [-0.1, -0.05) is 24.3 Å². The van der Waals surface area contributed by atoms with Crippen molar-refractivity contribution in [1.82, 2.24) is 10.2 Å². The first-order chi connectivity index (χ1) is 8.99. The zero-order valence-electron chi connectivity index (χ0n) is 11.8. The molecule has 0 saturated carbocycles. The highest BCUT2D eigenvalue weighted by molar-refractivity contribution is 5.85. The molecule has 112 valence electrons. The highest BCUT2D eigenvalue weighted by Gasteiger charge is 2.08. The molecule has 5 nitrogen and oxygen atoms in total. The van der Waals surface area contributed by atoms with Crippen LogP contribution in [-0.4, -0.2) is 42.0 Å². The molecule has 1 rings (SSSR count). The van der Waals surface area contributed by atoms with Gasteiger partial charge >= 0.3 is 5.97 Å². The number of amides is 1. The normalized spacial score (nSPS) is 9.95. The molecule has 20 heavy (non-hydrogen) atoms. The molecule has 0 heterocycles. The number of carboxylic acid groups (broad SMARTS) is 1. The Balaban J connectivity index is 0.00000361. The Labute approximate surface area is 125 Å². The van der Waals surface area contributed by atoms with Gasteiger partial charge in [0, 0.05) is 13.1 Å². The van der Waals surface area contributed by atoms with Crippen molar-refractivity contribution in [2.45, 2.75) is 19.9 Å². The third-order valence-electron chi connectivity index (χ3n) is 2.86. The number of nitrogens with zero attached hydrogens (tertiary/aromatic N) is 1. The van der Waals surface area contributed by atoms with E-state index in [1.165, 1.54) is 0 Å². The fourth-order valence-electron chi connectivity index (χ4n) is 1.67. The van der Waals surface area contributed by atoms with E-state index >= 15 is 0 Å². The summed E-state index contributed by atoms with van der Waals surface area (Å²) < 4.78 is 0. The molecular formula is C14H21ClN2O3. The van der Waals surface area contributed by atoms with Crippen LogP contribution in [0.4, 0.5) is 0 Å². The van der Waals surface area contributed by atoms with Crippen molar-refractivity contribution < 1.29 is 14.7 Å². The number of likely N-dealkylation sites (N-methyl/N-ethyl adjacent to an activating group) is 1. The van der Waals surface area contributed by atoms with E-state index in [1.54, 1.807) is 11.9 Å². The first kappa shape index (κ1) is 18.4. The standard InChI is InChI=1S/C14H20N2O3.ClH/c1-11-5-3-4-6-12(11)9-15-13(17)10-16(2)8-7-14(18)19;/h3-6H,7-10H2,1-2H3,(H,15,17)(H,18,19);1H. The zero-order valence-corrected chi connectivity index (χ0v) is 12.6. The Morgan fingerprint density at radius 1 is 1.30 bits per heavy atom. The van der Waals surface area contributed by atoms with Crippen LogP contribution in [0.2, 0.25) is 0 Å². The van der Waals surface area contributed by atoms with Gasteiger partial charge in [-0.25, -0.2) is 0 Å². The SMILES string of the molecule is Cc1ccccc1CNC(=O)CN(C)CCC(=O)O.Cl. The molecule has 0 fully saturated rings. The molecule has 0 spiro atoms. The maximum atomic E-state index is 11.7. The van der Waals surface area contributed by atoms with E-state index in [-0.39, 0.29) is 31.3 Å². The molecule has 0 aliphatic heterocycles.